The first-order valence-corrected chi connectivity index (χ1v) is 8.24. The number of carbonyl (C=O) groups is 1. The number of nitrogens with zero attached hydrogens (tertiary/aromatic N) is 4. The van der Waals surface area contributed by atoms with Gasteiger partial charge in [-0.05, 0) is 31.0 Å². The van der Waals surface area contributed by atoms with E-state index in [4.69, 9.17) is 21.9 Å². The largest absolute Gasteiger partial charge is 0.366 e. The SMILES string of the molecule is Cc1c(C(N)=O)cnn(Cc2nc(CCc3ccc(Cl)cc3)no2)c1=O. The van der Waals surface area contributed by atoms with Crippen molar-refractivity contribution in [1.29, 1.82) is 0 Å². The third-order valence-corrected chi connectivity index (χ3v) is 4.15. The predicted molar refractivity (Wildman–Crippen MR) is 94.0 cm³/mol. The van der Waals surface area contributed by atoms with Crippen molar-refractivity contribution in [3.8, 4) is 0 Å². The van der Waals surface area contributed by atoms with Crippen molar-refractivity contribution >= 4 is 17.5 Å². The monoisotopic (exact) mass is 373 g/mol. The Morgan fingerprint density at radius 3 is 2.69 bits per heavy atom. The fourth-order valence-electron chi connectivity index (χ4n) is 2.44. The first kappa shape index (κ1) is 17.8. The molecule has 0 saturated heterocycles. The van der Waals surface area contributed by atoms with E-state index in [9.17, 15) is 9.59 Å². The number of hydrogen-bond acceptors (Lipinski definition) is 6. The predicted octanol–water partition coefficient (Wildman–Crippen LogP) is 1.52. The van der Waals surface area contributed by atoms with Crippen molar-refractivity contribution in [2.45, 2.75) is 26.3 Å². The van der Waals surface area contributed by atoms with E-state index in [0.29, 0.717) is 17.3 Å². The summed E-state index contributed by atoms with van der Waals surface area (Å²) in [4.78, 5) is 27.7. The molecule has 134 valence electrons. The molecule has 0 saturated carbocycles. The van der Waals surface area contributed by atoms with Crippen molar-refractivity contribution in [2.24, 2.45) is 5.73 Å². The van der Waals surface area contributed by atoms with Gasteiger partial charge in [0.25, 0.3) is 11.5 Å². The summed E-state index contributed by atoms with van der Waals surface area (Å²) in [5, 5.41) is 8.53. The molecule has 2 aromatic heterocycles. The van der Waals surface area contributed by atoms with Crippen LogP contribution >= 0.6 is 11.6 Å². The number of aryl methyl sites for hydroxylation is 2. The number of hydrogen-bond donors (Lipinski definition) is 1. The Labute approximate surface area is 153 Å². The van der Waals surface area contributed by atoms with Gasteiger partial charge in [0.2, 0.25) is 5.89 Å². The molecule has 0 radical (unpaired) electrons. The second-order valence-electron chi connectivity index (χ2n) is 5.74. The van der Waals surface area contributed by atoms with Gasteiger partial charge in [-0.2, -0.15) is 10.1 Å². The molecule has 0 spiro atoms. The van der Waals surface area contributed by atoms with Crippen molar-refractivity contribution < 1.29 is 9.32 Å². The van der Waals surface area contributed by atoms with Crippen LogP contribution in [-0.2, 0) is 19.4 Å². The van der Waals surface area contributed by atoms with Crippen LogP contribution in [0.15, 0.2) is 39.8 Å². The zero-order valence-corrected chi connectivity index (χ0v) is 14.7. The van der Waals surface area contributed by atoms with Gasteiger partial charge in [-0.15, -0.1) is 0 Å². The average Bonchev–Trinajstić information content (AvgIpc) is 3.06. The molecular weight excluding hydrogens is 358 g/mol. The average molecular weight is 374 g/mol. The van der Waals surface area contributed by atoms with Crippen molar-refractivity contribution in [2.75, 3.05) is 0 Å². The smallest absolute Gasteiger partial charge is 0.270 e. The van der Waals surface area contributed by atoms with E-state index in [1.807, 2.05) is 24.3 Å². The zero-order chi connectivity index (χ0) is 18.7. The number of primary amides is 1. The van der Waals surface area contributed by atoms with Gasteiger partial charge in [-0.25, -0.2) is 4.68 Å². The molecule has 0 unspecified atom stereocenters. The van der Waals surface area contributed by atoms with E-state index in [1.54, 1.807) is 0 Å². The summed E-state index contributed by atoms with van der Waals surface area (Å²) < 4.78 is 6.33. The van der Waals surface area contributed by atoms with Gasteiger partial charge in [-0.3, -0.25) is 9.59 Å². The number of rotatable bonds is 6. The van der Waals surface area contributed by atoms with E-state index in [-0.39, 0.29) is 23.6 Å². The third kappa shape index (κ3) is 3.97. The Kier molecular flexibility index (Phi) is 5.13. The van der Waals surface area contributed by atoms with E-state index < -0.39 is 11.5 Å². The fourth-order valence-corrected chi connectivity index (χ4v) is 2.56. The van der Waals surface area contributed by atoms with E-state index in [1.165, 1.54) is 13.1 Å². The molecule has 0 aliphatic heterocycles. The summed E-state index contributed by atoms with van der Waals surface area (Å²) in [5.41, 5.74) is 6.21. The zero-order valence-electron chi connectivity index (χ0n) is 14.0. The lowest BCUT2D eigenvalue weighted by Gasteiger charge is -2.04. The van der Waals surface area contributed by atoms with Crippen LogP contribution in [0, 0.1) is 6.92 Å². The van der Waals surface area contributed by atoms with Crippen molar-refractivity contribution in [3.05, 3.63) is 74.2 Å². The topological polar surface area (TPSA) is 117 Å². The number of aromatic nitrogens is 4. The number of benzene rings is 1. The number of carbonyl (C=O) groups excluding carboxylic acids is 1. The van der Waals surface area contributed by atoms with E-state index in [0.717, 1.165) is 16.7 Å². The maximum atomic E-state index is 12.2. The fraction of sp³-hybridized carbons (Fsp3) is 0.235. The molecule has 0 fully saturated rings. The minimum atomic E-state index is -0.693. The van der Waals surface area contributed by atoms with Gasteiger partial charge in [0, 0.05) is 17.0 Å². The summed E-state index contributed by atoms with van der Waals surface area (Å²) in [5.74, 6) is 0.104. The molecule has 0 aliphatic carbocycles. The minimum Gasteiger partial charge on any atom is -0.366 e. The summed E-state index contributed by atoms with van der Waals surface area (Å²) in [6.07, 6.45) is 2.59. The lowest BCUT2D eigenvalue weighted by Crippen LogP contribution is -2.29. The highest BCUT2D eigenvalue weighted by Gasteiger charge is 2.14. The summed E-state index contributed by atoms with van der Waals surface area (Å²) in [6.45, 7) is 1.54. The highest BCUT2D eigenvalue weighted by molar-refractivity contribution is 6.30. The number of halogens is 1. The van der Waals surface area contributed by atoms with Gasteiger partial charge in [0.1, 0.15) is 6.54 Å². The molecule has 2 N–H and O–H groups in total. The van der Waals surface area contributed by atoms with E-state index >= 15 is 0 Å². The first-order valence-electron chi connectivity index (χ1n) is 7.86. The number of nitrogens with two attached hydrogens (primary N) is 1. The molecule has 26 heavy (non-hydrogen) atoms. The highest BCUT2D eigenvalue weighted by atomic mass is 35.5. The molecular formula is C17H16ClN5O3. The van der Waals surface area contributed by atoms with Crippen molar-refractivity contribution in [3.63, 3.8) is 0 Å². The van der Waals surface area contributed by atoms with Gasteiger partial charge >= 0.3 is 0 Å². The summed E-state index contributed by atoms with van der Waals surface area (Å²) in [7, 11) is 0. The van der Waals surface area contributed by atoms with Crippen LogP contribution in [0.25, 0.3) is 0 Å². The van der Waals surface area contributed by atoms with Gasteiger partial charge < -0.3 is 10.3 Å². The Balaban J connectivity index is 1.69. The third-order valence-electron chi connectivity index (χ3n) is 3.90. The molecule has 0 atom stereocenters. The molecule has 8 nitrogen and oxygen atoms in total. The van der Waals surface area contributed by atoms with Crippen molar-refractivity contribution in [1.82, 2.24) is 19.9 Å². The van der Waals surface area contributed by atoms with E-state index in [2.05, 4.69) is 15.2 Å². The lowest BCUT2D eigenvalue weighted by atomic mass is 10.1. The second-order valence-corrected chi connectivity index (χ2v) is 6.18. The van der Waals surface area contributed by atoms with Crippen LogP contribution in [0.1, 0.15) is 33.2 Å². The van der Waals surface area contributed by atoms with Crippen LogP contribution in [0.2, 0.25) is 5.02 Å². The maximum absolute atomic E-state index is 12.2. The standard InChI is InChI=1S/C17H16ClN5O3/c1-10-13(16(19)24)8-20-23(17(10)25)9-15-21-14(22-26-15)7-4-11-2-5-12(18)6-3-11/h2-3,5-6,8H,4,7,9H2,1H3,(H2,19,24). The molecule has 3 aromatic rings. The van der Waals surface area contributed by atoms with Gasteiger partial charge in [-0.1, -0.05) is 28.9 Å². The van der Waals surface area contributed by atoms with Crippen LogP contribution in [0.3, 0.4) is 0 Å². The van der Waals surface area contributed by atoms with Crippen LogP contribution < -0.4 is 11.3 Å². The number of amides is 1. The Morgan fingerprint density at radius 1 is 1.27 bits per heavy atom. The maximum Gasteiger partial charge on any atom is 0.270 e. The highest BCUT2D eigenvalue weighted by Crippen LogP contribution is 2.11. The molecule has 2 heterocycles. The van der Waals surface area contributed by atoms with Gasteiger partial charge in [0.15, 0.2) is 5.82 Å². The molecule has 1 aromatic carbocycles. The van der Waals surface area contributed by atoms with Gasteiger partial charge in [0.05, 0.1) is 11.8 Å². The normalized spacial score (nSPS) is 10.8. The Hall–Kier alpha value is -3.00. The molecule has 0 bridgehead atoms. The Bertz CT molecular complexity index is 994. The second kappa shape index (κ2) is 7.49. The van der Waals surface area contributed by atoms with Crippen LogP contribution in [-0.4, -0.2) is 25.8 Å². The summed E-state index contributed by atoms with van der Waals surface area (Å²) in [6, 6.07) is 7.54. The van der Waals surface area contributed by atoms with Crippen LogP contribution in [0.5, 0.6) is 0 Å². The molecule has 9 heteroatoms. The quantitative estimate of drug-likeness (QED) is 0.700. The lowest BCUT2D eigenvalue weighted by molar-refractivity contribution is 0.0999. The molecule has 1 amide bonds. The molecule has 3 rings (SSSR count). The van der Waals surface area contributed by atoms with Crippen LogP contribution in [0.4, 0.5) is 0 Å². The Morgan fingerprint density at radius 2 is 2.00 bits per heavy atom. The minimum absolute atomic E-state index is 0.0205. The first-order chi connectivity index (χ1) is 12.4. The summed E-state index contributed by atoms with van der Waals surface area (Å²) >= 11 is 5.86. The molecule has 0 aliphatic rings.